The molecule has 0 aromatic heterocycles. The number of hydrogen-bond donors (Lipinski definition) is 2. The lowest BCUT2D eigenvalue weighted by atomic mass is 10.0. The molecule has 1 amide bonds. The van der Waals surface area contributed by atoms with Gasteiger partial charge >= 0.3 is 0 Å². The Balaban J connectivity index is 2.47. The van der Waals surface area contributed by atoms with Gasteiger partial charge in [-0.15, -0.1) is 0 Å². The van der Waals surface area contributed by atoms with Crippen LogP contribution in [0.25, 0.3) is 0 Å². The minimum Gasteiger partial charge on any atom is -0.351 e. The molecule has 0 spiro atoms. The zero-order valence-corrected chi connectivity index (χ0v) is 12.8. The second-order valence-electron chi connectivity index (χ2n) is 5.98. The summed E-state index contributed by atoms with van der Waals surface area (Å²) in [6.45, 7) is 8.39. The molecule has 0 bridgehead atoms. The van der Waals surface area contributed by atoms with Crippen LogP contribution in [0.3, 0.4) is 0 Å². The highest BCUT2D eigenvalue weighted by Crippen LogP contribution is 2.19. The number of halogens is 1. The quantitative estimate of drug-likeness (QED) is 0.840. The zero-order chi connectivity index (χ0) is 15.2. The third kappa shape index (κ3) is 5.70. The van der Waals surface area contributed by atoms with Crippen LogP contribution in [-0.4, -0.2) is 18.0 Å². The van der Waals surface area contributed by atoms with E-state index in [2.05, 4.69) is 10.6 Å². The molecule has 1 unspecified atom stereocenters. The van der Waals surface area contributed by atoms with Gasteiger partial charge in [0.05, 0.1) is 0 Å². The number of carbonyl (C=O) groups is 1. The molecule has 0 saturated heterocycles. The first-order valence-corrected chi connectivity index (χ1v) is 7.12. The molecule has 1 rings (SSSR count). The van der Waals surface area contributed by atoms with Crippen LogP contribution in [0.1, 0.15) is 52.1 Å². The molecule has 1 aromatic rings. The molecule has 4 heteroatoms. The monoisotopic (exact) mass is 280 g/mol. The first kappa shape index (κ1) is 16.6. The van der Waals surface area contributed by atoms with Crippen molar-refractivity contribution in [2.45, 2.75) is 52.1 Å². The van der Waals surface area contributed by atoms with Crippen LogP contribution in [-0.2, 0) is 4.79 Å². The summed E-state index contributed by atoms with van der Waals surface area (Å²) in [5.41, 5.74) is 0.443. The van der Waals surface area contributed by atoms with E-state index in [0.717, 1.165) is 6.42 Å². The topological polar surface area (TPSA) is 41.1 Å². The van der Waals surface area contributed by atoms with Crippen molar-refractivity contribution >= 4 is 5.91 Å². The van der Waals surface area contributed by atoms with Gasteiger partial charge in [-0.3, -0.25) is 4.79 Å². The Kier molecular flexibility index (Phi) is 6.14. The van der Waals surface area contributed by atoms with E-state index < -0.39 is 0 Å². The van der Waals surface area contributed by atoms with Crippen LogP contribution in [0.2, 0.25) is 0 Å². The largest absolute Gasteiger partial charge is 0.351 e. The van der Waals surface area contributed by atoms with Crippen molar-refractivity contribution in [3.8, 4) is 0 Å². The van der Waals surface area contributed by atoms with E-state index in [4.69, 9.17) is 0 Å². The second kappa shape index (κ2) is 7.39. The third-order valence-corrected chi connectivity index (χ3v) is 2.95. The minimum atomic E-state index is -0.215. The molecular formula is C16H25FN2O. The van der Waals surface area contributed by atoms with Crippen molar-refractivity contribution in [3.05, 3.63) is 35.6 Å². The average Bonchev–Trinajstić information content (AvgIpc) is 2.34. The lowest BCUT2D eigenvalue weighted by molar-refractivity contribution is -0.122. The van der Waals surface area contributed by atoms with Crippen molar-refractivity contribution in [2.24, 2.45) is 0 Å². The first-order valence-electron chi connectivity index (χ1n) is 7.12. The van der Waals surface area contributed by atoms with Crippen LogP contribution in [0.5, 0.6) is 0 Å². The van der Waals surface area contributed by atoms with Crippen LogP contribution >= 0.6 is 0 Å². The van der Waals surface area contributed by atoms with Gasteiger partial charge in [0.2, 0.25) is 5.91 Å². The van der Waals surface area contributed by atoms with Gasteiger partial charge in [-0.05, 0) is 33.3 Å². The molecular weight excluding hydrogens is 255 g/mol. The molecule has 0 saturated carbocycles. The summed E-state index contributed by atoms with van der Waals surface area (Å²) < 4.78 is 13.7. The second-order valence-corrected chi connectivity index (χ2v) is 5.98. The Hall–Kier alpha value is -1.42. The van der Waals surface area contributed by atoms with Gasteiger partial charge in [0.1, 0.15) is 5.82 Å². The number of nitrogens with one attached hydrogen (secondary N) is 2. The van der Waals surface area contributed by atoms with E-state index in [1.807, 2.05) is 33.8 Å². The molecule has 1 atom stereocenters. The van der Waals surface area contributed by atoms with Gasteiger partial charge in [-0.1, -0.05) is 25.1 Å². The summed E-state index contributed by atoms with van der Waals surface area (Å²) >= 11 is 0. The number of rotatable bonds is 6. The number of amides is 1. The van der Waals surface area contributed by atoms with Crippen LogP contribution in [0, 0.1) is 5.82 Å². The molecule has 112 valence electrons. The Bertz CT molecular complexity index is 440. The fraction of sp³-hybridized carbons (Fsp3) is 0.562. The number of benzene rings is 1. The molecule has 0 aliphatic heterocycles. The molecule has 20 heavy (non-hydrogen) atoms. The van der Waals surface area contributed by atoms with Gasteiger partial charge in [0, 0.05) is 30.1 Å². The molecule has 0 radical (unpaired) electrons. The average molecular weight is 280 g/mol. The molecule has 0 heterocycles. The smallest absolute Gasteiger partial charge is 0.221 e. The van der Waals surface area contributed by atoms with Gasteiger partial charge in [0.25, 0.3) is 0 Å². The van der Waals surface area contributed by atoms with Crippen LogP contribution in [0.15, 0.2) is 24.3 Å². The highest BCUT2D eigenvalue weighted by molar-refractivity contribution is 5.76. The zero-order valence-electron chi connectivity index (χ0n) is 12.8. The molecule has 0 fully saturated rings. The van der Waals surface area contributed by atoms with E-state index in [-0.39, 0.29) is 23.3 Å². The van der Waals surface area contributed by atoms with Gasteiger partial charge in [-0.25, -0.2) is 4.39 Å². The summed E-state index contributed by atoms with van der Waals surface area (Å²) in [6, 6.07) is 6.70. The van der Waals surface area contributed by atoms with E-state index in [1.54, 1.807) is 12.1 Å². The summed E-state index contributed by atoms with van der Waals surface area (Å²) in [6.07, 6.45) is 1.17. The highest BCUT2D eigenvalue weighted by atomic mass is 19.1. The van der Waals surface area contributed by atoms with E-state index >= 15 is 0 Å². The van der Waals surface area contributed by atoms with Gasteiger partial charge < -0.3 is 10.6 Å². The maximum absolute atomic E-state index is 13.7. The fourth-order valence-corrected chi connectivity index (χ4v) is 2.07. The van der Waals surface area contributed by atoms with E-state index in [9.17, 15) is 9.18 Å². The molecule has 3 nitrogen and oxygen atoms in total. The van der Waals surface area contributed by atoms with E-state index in [1.165, 1.54) is 6.07 Å². The number of hydrogen-bond acceptors (Lipinski definition) is 2. The standard InChI is InChI=1S/C16H25FN2O/c1-5-14(12-8-6-7-9-13(12)17)18-11-10-15(20)19-16(2,3)4/h6-9,14,18H,5,10-11H2,1-4H3,(H,19,20). The van der Waals surface area contributed by atoms with Gasteiger partial charge in [0.15, 0.2) is 0 Å². The van der Waals surface area contributed by atoms with Gasteiger partial charge in [-0.2, -0.15) is 0 Å². The Labute approximate surface area is 121 Å². The van der Waals surface area contributed by atoms with E-state index in [0.29, 0.717) is 18.5 Å². The number of carbonyl (C=O) groups excluding carboxylic acids is 1. The van der Waals surface area contributed by atoms with Crippen molar-refractivity contribution in [1.29, 1.82) is 0 Å². The first-order chi connectivity index (χ1) is 9.33. The van der Waals surface area contributed by atoms with Crippen molar-refractivity contribution in [3.63, 3.8) is 0 Å². The normalized spacial score (nSPS) is 13.1. The van der Waals surface area contributed by atoms with Crippen LogP contribution < -0.4 is 10.6 Å². The molecule has 0 aliphatic carbocycles. The molecule has 0 aliphatic rings. The Morgan fingerprint density at radius 3 is 2.50 bits per heavy atom. The Morgan fingerprint density at radius 2 is 1.95 bits per heavy atom. The predicted molar refractivity (Wildman–Crippen MR) is 79.9 cm³/mol. The minimum absolute atomic E-state index is 0.00777. The summed E-state index contributed by atoms with van der Waals surface area (Å²) in [4.78, 5) is 11.7. The maximum atomic E-state index is 13.7. The summed E-state index contributed by atoms with van der Waals surface area (Å²) in [7, 11) is 0. The Morgan fingerprint density at radius 1 is 1.30 bits per heavy atom. The van der Waals surface area contributed by atoms with Crippen molar-refractivity contribution in [2.75, 3.05) is 6.54 Å². The SMILES string of the molecule is CCC(NCCC(=O)NC(C)(C)C)c1ccccc1F. The molecule has 1 aromatic carbocycles. The van der Waals surface area contributed by atoms with Crippen molar-refractivity contribution in [1.82, 2.24) is 10.6 Å². The highest BCUT2D eigenvalue weighted by Gasteiger charge is 2.15. The lowest BCUT2D eigenvalue weighted by Gasteiger charge is -2.21. The summed E-state index contributed by atoms with van der Waals surface area (Å²) in [5.74, 6) is -0.195. The molecule has 2 N–H and O–H groups in total. The third-order valence-electron chi connectivity index (χ3n) is 2.95. The van der Waals surface area contributed by atoms with Crippen molar-refractivity contribution < 1.29 is 9.18 Å². The predicted octanol–water partition coefficient (Wildman–Crippen LogP) is 3.17. The fourth-order valence-electron chi connectivity index (χ4n) is 2.07. The van der Waals surface area contributed by atoms with Crippen LogP contribution in [0.4, 0.5) is 4.39 Å². The maximum Gasteiger partial charge on any atom is 0.221 e. The lowest BCUT2D eigenvalue weighted by Crippen LogP contribution is -2.41. The summed E-state index contributed by atoms with van der Waals surface area (Å²) in [5, 5.41) is 6.15.